The van der Waals surface area contributed by atoms with Gasteiger partial charge in [-0.25, -0.2) is 9.97 Å². The molecule has 0 fully saturated rings. The molecule has 0 spiro atoms. The number of fused-ring (bicyclic) bond motifs is 2. The van der Waals surface area contributed by atoms with Crippen molar-refractivity contribution in [1.82, 2.24) is 9.97 Å². The number of halogens is 2. The van der Waals surface area contributed by atoms with Crippen LogP contribution in [0, 0.1) is 0 Å². The van der Waals surface area contributed by atoms with Crippen LogP contribution < -0.4 is 0 Å². The third kappa shape index (κ3) is 1.68. The first-order valence-corrected chi connectivity index (χ1v) is 6.98. The van der Waals surface area contributed by atoms with Gasteiger partial charge >= 0.3 is 0 Å². The van der Waals surface area contributed by atoms with E-state index in [-0.39, 0.29) is 0 Å². The number of aromatic nitrogens is 2. The van der Waals surface area contributed by atoms with Crippen molar-refractivity contribution in [1.29, 1.82) is 0 Å². The Hall–Kier alpha value is -0.480. The van der Waals surface area contributed by atoms with Crippen LogP contribution in [-0.2, 0) is 12.8 Å². The van der Waals surface area contributed by atoms with Crippen LogP contribution in [0.2, 0.25) is 0 Å². The van der Waals surface area contributed by atoms with Crippen LogP contribution in [0.4, 0.5) is 0 Å². The summed E-state index contributed by atoms with van der Waals surface area (Å²) < 4.78 is 2.04. The highest BCUT2D eigenvalue weighted by Crippen LogP contribution is 2.30. The monoisotopic (exact) mass is 340 g/mol. The third-order valence-electron chi connectivity index (χ3n) is 2.96. The van der Waals surface area contributed by atoms with Gasteiger partial charge in [0.25, 0.3) is 0 Å². The van der Waals surface area contributed by atoms with Crippen LogP contribution in [0.1, 0.15) is 24.2 Å². The highest BCUT2D eigenvalue weighted by Gasteiger charge is 2.15. The van der Waals surface area contributed by atoms with Gasteiger partial charge in [-0.2, -0.15) is 0 Å². The molecule has 4 heteroatoms. The Labute approximate surface area is 111 Å². The van der Waals surface area contributed by atoms with Gasteiger partial charge in [0.15, 0.2) is 0 Å². The molecule has 1 aromatic heterocycles. The standard InChI is InChI=1S/C12H10Br2N2/c13-7-5-6-8(14)12-11(7)15-9-3-1-2-4-10(9)16-12/h5-6H,1-4H2. The lowest BCUT2D eigenvalue weighted by Gasteiger charge is -2.15. The number of rotatable bonds is 0. The number of hydrogen-bond acceptors (Lipinski definition) is 2. The summed E-state index contributed by atoms with van der Waals surface area (Å²) in [6.45, 7) is 0. The Morgan fingerprint density at radius 2 is 1.25 bits per heavy atom. The Morgan fingerprint density at radius 1 is 0.812 bits per heavy atom. The second kappa shape index (κ2) is 4.08. The molecule has 0 radical (unpaired) electrons. The molecular formula is C12H10Br2N2. The van der Waals surface area contributed by atoms with Crippen LogP contribution in [0.5, 0.6) is 0 Å². The van der Waals surface area contributed by atoms with Crippen LogP contribution >= 0.6 is 31.9 Å². The molecule has 0 N–H and O–H groups in total. The molecule has 0 unspecified atom stereocenters. The zero-order valence-electron chi connectivity index (χ0n) is 8.63. The minimum absolute atomic E-state index is 0.968. The summed E-state index contributed by atoms with van der Waals surface area (Å²) in [6.07, 6.45) is 4.60. The fourth-order valence-corrected chi connectivity index (χ4v) is 2.94. The zero-order chi connectivity index (χ0) is 11.1. The van der Waals surface area contributed by atoms with Crippen LogP contribution in [-0.4, -0.2) is 9.97 Å². The predicted molar refractivity (Wildman–Crippen MR) is 71.6 cm³/mol. The summed E-state index contributed by atoms with van der Waals surface area (Å²) >= 11 is 7.07. The molecule has 1 aliphatic carbocycles. The summed E-state index contributed by atoms with van der Waals surface area (Å²) in [7, 11) is 0. The van der Waals surface area contributed by atoms with Crippen molar-refractivity contribution in [2.24, 2.45) is 0 Å². The lowest BCUT2D eigenvalue weighted by Crippen LogP contribution is -2.08. The smallest absolute Gasteiger partial charge is 0.104 e. The van der Waals surface area contributed by atoms with E-state index in [1.807, 2.05) is 12.1 Å². The van der Waals surface area contributed by atoms with Crippen molar-refractivity contribution in [2.45, 2.75) is 25.7 Å². The van der Waals surface area contributed by atoms with Gasteiger partial charge < -0.3 is 0 Å². The maximum absolute atomic E-state index is 4.74. The van der Waals surface area contributed by atoms with Gasteiger partial charge in [-0.3, -0.25) is 0 Å². The summed E-state index contributed by atoms with van der Waals surface area (Å²) in [6, 6.07) is 4.02. The molecule has 0 saturated carbocycles. The van der Waals surface area contributed by atoms with Gasteiger partial charge in [0.2, 0.25) is 0 Å². The highest BCUT2D eigenvalue weighted by atomic mass is 79.9. The molecule has 16 heavy (non-hydrogen) atoms. The molecule has 0 saturated heterocycles. The van der Waals surface area contributed by atoms with Gasteiger partial charge in [0.05, 0.1) is 11.4 Å². The van der Waals surface area contributed by atoms with Gasteiger partial charge in [0.1, 0.15) is 11.0 Å². The van der Waals surface area contributed by atoms with Crippen molar-refractivity contribution in [3.05, 3.63) is 32.5 Å². The quantitative estimate of drug-likeness (QED) is 0.722. The van der Waals surface area contributed by atoms with E-state index in [0.29, 0.717) is 0 Å². The molecule has 3 rings (SSSR count). The first kappa shape index (κ1) is 10.7. The molecule has 2 nitrogen and oxygen atoms in total. The minimum Gasteiger partial charge on any atom is -0.248 e. The van der Waals surface area contributed by atoms with E-state index < -0.39 is 0 Å². The molecule has 0 bridgehead atoms. The average Bonchev–Trinajstić information content (AvgIpc) is 2.32. The van der Waals surface area contributed by atoms with Crippen LogP contribution in [0.25, 0.3) is 11.0 Å². The number of nitrogens with zero attached hydrogens (tertiary/aromatic N) is 2. The zero-order valence-corrected chi connectivity index (χ0v) is 11.8. The highest BCUT2D eigenvalue weighted by molar-refractivity contribution is 9.11. The second-order valence-electron chi connectivity index (χ2n) is 4.05. The van der Waals surface area contributed by atoms with E-state index in [1.165, 1.54) is 24.2 Å². The molecular weight excluding hydrogens is 332 g/mol. The van der Waals surface area contributed by atoms with Gasteiger partial charge in [-0.05, 0) is 69.7 Å². The first-order chi connectivity index (χ1) is 7.75. The Morgan fingerprint density at radius 3 is 1.69 bits per heavy atom. The van der Waals surface area contributed by atoms with E-state index in [2.05, 4.69) is 31.9 Å². The number of aryl methyl sites for hydroxylation is 2. The summed E-state index contributed by atoms with van der Waals surface area (Å²) in [4.78, 5) is 9.47. The maximum atomic E-state index is 4.74. The molecule has 1 aromatic carbocycles. The molecule has 0 aliphatic heterocycles. The molecule has 0 atom stereocenters. The lowest BCUT2D eigenvalue weighted by atomic mass is 10.0. The minimum atomic E-state index is 0.968. The van der Waals surface area contributed by atoms with Crippen molar-refractivity contribution < 1.29 is 0 Å². The Bertz CT molecular complexity index is 516. The average molecular weight is 342 g/mol. The first-order valence-electron chi connectivity index (χ1n) is 5.39. The van der Waals surface area contributed by atoms with Crippen LogP contribution in [0.15, 0.2) is 21.1 Å². The van der Waals surface area contributed by atoms with E-state index in [0.717, 1.165) is 32.8 Å². The lowest BCUT2D eigenvalue weighted by molar-refractivity contribution is 0.655. The van der Waals surface area contributed by atoms with E-state index in [1.54, 1.807) is 0 Å². The van der Waals surface area contributed by atoms with Gasteiger partial charge in [-0.15, -0.1) is 0 Å². The van der Waals surface area contributed by atoms with E-state index in [4.69, 9.17) is 9.97 Å². The normalized spacial score (nSPS) is 15.1. The fourth-order valence-electron chi connectivity index (χ4n) is 2.13. The summed E-state index contributed by atoms with van der Waals surface area (Å²) in [5.41, 5.74) is 4.29. The number of benzene rings is 1. The molecule has 2 aromatic rings. The molecule has 82 valence electrons. The Balaban J connectivity index is 2.35. The molecule has 1 heterocycles. The third-order valence-corrected chi connectivity index (χ3v) is 4.24. The SMILES string of the molecule is Brc1ccc(Br)c2nc3c(nc12)CCCC3. The Kier molecular flexibility index (Phi) is 2.72. The summed E-state index contributed by atoms with van der Waals surface area (Å²) in [5.74, 6) is 0. The molecule has 0 amide bonds. The fraction of sp³-hybridized carbons (Fsp3) is 0.333. The van der Waals surface area contributed by atoms with Crippen molar-refractivity contribution in [3.8, 4) is 0 Å². The second-order valence-corrected chi connectivity index (χ2v) is 5.76. The van der Waals surface area contributed by atoms with Gasteiger partial charge in [0, 0.05) is 8.95 Å². The van der Waals surface area contributed by atoms with Gasteiger partial charge in [-0.1, -0.05) is 0 Å². The predicted octanol–water partition coefficient (Wildman–Crippen LogP) is 4.03. The topological polar surface area (TPSA) is 25.8 Å². The largest absolute Gasteiger partial charge is 0.248 e. The van der Waals surface area contributed by atoms with E-state index in [9.17, 15) is 0 Å². The van der Waals surface area contributed by atoms with E-state index >= 15 is 0 Å². The van der Waals surface area contributed by atoms with Crippen LogP contribution in [0.3, 0.4) is 0 Å². The van der Waals surface area contributed by atoms with Crippen molar-refractivity contribution in [3.63, 3.8) is 0 Å². The van der Waals surface area contributed by atoms with Crippen molar-refractivity contribution in [2.75, 3.05) is 0 Å². The maximum Gasteiger partial charge on any atom is 0.104 e. The number of hydrogen-bond donors (Lipinski definition) is 0. The van der Waals surface area contributed by atoms with Crippen molar-refractivity contribution >= 4 is 42.9 Å². The summed E-state index contributed by atoms with van der Waals surface area (Å²) in [5, 5.41) is 0. The molecule has 1 aliphatic rings.